The minimum Gasteiger partial charge on any atom is -0.437 e. The van der Waals surface area contributed by atoms with E-state index in [1.165, 1.54) is 24.3 Å². The number of rotatable bonds is 6. The largest absolute Gasteiger partial charge is 0.437 e. The molecule has 0 radical (unpaired) electrons. The Morgan fingerprint density at radius 2 is 1.19 bits per heavy atom. The van der Waals surface area contributed by atoms with Gasteiger partial charge in [0.1, 0.15) is 5.75 Å². The number of aryl methyl sites for hydroxylation is 3. The van der Waals surface area contributed by atoms with Crippen LogP contribution in [0.25, 0.3) is 0 Å². The summed E-state index contributed by atoms with van der Waals surface area (Å²) in [6.07, 6.45) is 0. The normalized spacial score (nSPS) is 14.0. The fraction of sp³-hybridized carbons (Fsp3) is 0.143. The van der Waals surface area contributed by atoms with Crippen LogP contribution in [-0.4, -0.2) is 25.9 Å². The molecule has 3 aromatic carbocycles. The Morgan fingerprint density at radius 3 is 1.75 bits per heavy atom. The maximum absolute atomic E-state index is 14.5. The van der Waals surface area contributed by atoms with Crippen LogP contribution < -0.4 is 15.1 Å². The van der Waals surface area contributed by atoms with Gasteiger partial charge in [0.2, 0.25) is 0 Å². The molecule has 0 heterocycles. The number of hydrogen-bond donors (Lipinski definition) is 2. The predicted molar refractivity (Wildman–Crippen MR) is 121 cm³/mol. The van der Waals surface area contributed by atoms with Gasteiger partial charge in [0.05, 0.1) is 20.4 Å². The van der Waals surface area contributed by atoms with Gasteiger partial charge in [-0.2, -0.15) is 16.8 Å². The highest BCUT2D eigenvalue weighted by atomic mass is 32.2. The zero-order valence-corrected chi connectivity index (χ0v) is 19.9. The summed E-state index contributed by atoms with van der Waals surface area (Å²) in [6, 6.07) is 13.9. The van der Waals surface area contributed by atoms with Crippen LogP contribution in [0.1, 0.15) is 16.7 Å². The Hall–Kier alpha value is -2.49. The molecule has 0 aliphatic rings. The molecule has 0 amide bonds. The SMILES string of the molecule is Cc1ccc(S(=O)(=O)O)cc1OP(=O)(c1ccccc1C)c1cc(S(=O)(=O)O)ccc1C. The molecule has 11 heteroatoms. The fourth-order valence-corrected chi connectivity index (χ4v) is 6.86. The second-order valence-corrected chi connectivity index (χ2v) is 12.3. The number of benzene rings is 3. The smallest absolute Gasteiger partial charge is 0.307 e. The van der Waals surface area contributed by atoms with Crippen molar-refractivity contribution in [3.05, 3.63) is 77.4 Å². The van der Waals surface area contributed by atoms with E-state index in [1.807, 2.05) is 0 Å². The number of hydrogen-bond acceptors (Lipinski definition) is 6. The first-order valence-corrected chi connectivity index (χ1v) is 13.8. The molecule has 0 saturated heterocycles. The van der Waals surface area contributed by atoms with Crippen molar-refractivity contribution in [2.45, 2.75) is 30.6 Å². The molecule has 170 valence electrons. The summed E-state index contributed by atoms with van der Waals surface area (Å²) in [6.45, 7) is 4.92. The molecule has 0 aromatic heterocycles. The van der Waals surface area contributed by atoms with E-state index >= 15 is 0 Å². The zero-order chi connectivity index (χ0) is 23.9. The quantitative estimate of drug-likeness (QED) is 0.392. The third-order valence-corrected chi connectivity index (χ3v) is 9.32. The molecule has 32 heavy (non-hydrogen) atoms. The van der Waals surface area contributed by atoms with Crippen molar-refractivity contribution in [1.29, 1.82) is 0 Å². The van der Waals surface area contributed by atoms with Crippen molar-refractivity contribution in [2.75, 3.05) is 0 Å². The average molecular weight is 496 g/mol. The Bertz CT molecular complexity index is 1460. The molecular formula is C21H21O8PS2. The summed E-state index contributed by atoms with van der Waals surface area (Å²) in [5.74, 6) is -0.0663. The molecule has 3 rings (SSSR count). The molecule has 0 fully saturated rings. The topological polar surface area (TPSA) is 135 Å². The van der Waals surface area contributed by atoms with Gasteiger partial charge >= 0.3 is 7.37 Å². The molecule has 0 saturated carbocycles. The van der Waals surface area contributed by atoms with Gasteiger partial charge < -0.3 is 4.52 Å². The maximum Gasteiger partial charge on any atom is 0.307 e. The first-order chi connectivity index (χ1) is 14.7. The lowest BCUT2D eigenvalue weighted by molar-refractivity contribution is 0.478. The minimum absolute atomic E-state index is 0.0265. The lowest BCUT2D eigenvalue weighted by Gasteiger charge is -2.24. The molecule has 0 aliphatic carbocycles. The van der Waals surface area contributed by atoms with Crippen LogP contribution in [0.2, 0.25) is 0 Å². The van der Waals surface area contributed by atoms with Crippen molar-refractivity contribution in [1.82, 2.24) is 0 Å². The summed E-state index contributed by atoms with van der Waals surface area (Å²) < 4.78 is 86.0. The van der Waals surface area contributed by atoms with Crippen LogP contribution in [-0.2, 0) is 24.8 Å². The monoisotopic (exact) mass is 496 g/mol. The third-order valence-electron chi connectivity index (χ3n) is 4.91. The highest BCUT2D eigenvalue weighted by molar-refractivity contribution is 7.86. The van der Waals surface area contributed by atoms with Crippen molar-refractivity contribution >= 4 is 38.2 Å². The van der Waals surface area contributed by atoms with Gasteiger partial charge in [-0.1, -0.05) is 30.3 Å². The zero-order valence-electron chi connectivity index (χ0n) is 17.4. The summed E-state index contributed by atoms with van der Waals surface area (Å²) in [4.78, 5) is -0.906. The molecule has 0 aliphatic heterocycles. The fourth-order valence-electron chi connectivity index (χ4n) is 3.17. The lowest BCUT2D eigenvalue weighted by Crippen LogP contribution is -2.25. The summed E-state index contributed by atoms with van der Waals surface area (Å²) in [5.41, 5.74) is 1.47. The minimum atomic E-state index is -4.59. The van der Waals surface area contributed by atoms with Gasteiger partial charge in [0.25, 0.3) is 20.2 Å². The van der Waals surface area contributed by atoms with Gasteiger partial charge in [-0.3, -0.25) is 13.7 Å². The van der Waals surface area contributed by atoms with Crippen molar-refractivity contribution in [3.63, 3.8) is 0 Å². The van der Waals surface area contributed by atoms with E-state index in [0.29, 0.717) is 16.7 Å². The molecule has 1 atom stereocenters. The van der Waals surface area contributed by atoms with Gasteiger partial charge in [0.15, 0.2) is 0 Å². The Labute approximate surface area is 186 Å². The maximum atomic E-state index is 14.5. The molecule has 1 unspecified atom stereocenters. The molecular weight excluding hydrogens is 475 g/mol. The standard InChI is InChI=1S/C21H21O8PS2/c1-14-8-10-17(31(23,24)25)12-19(14)29-30(22,20-7-5-4-6-15(20)2)21-13-18(32(26,27)28)11-9-16(21)3/h4-13H,1-3H3,(H,23,24,25)(H,26,27,28). The first kappa shape index (κ1) is 24.2. The first-order valence-electron chi connectivity index (χ1n) is 9.26. The Balaban J connectivity index is 2.33. The van der Waals surface area contributed by atoms with E-state index in [0.717, 1.165) is 12.1 Å². The van der Waals surface area contributed by atoms with Crippen molar-refractivity contribution in [3.8, 4) is 5.75 Å². The van der Waals surface area contributed by atoms with E-state index in [9.17, 15) is 30.5 Å². The van der Waals surface area contributed by atoms with Gasteiger partial charge in [0, 0.05) is 6.07 Å². The molecule has 2 N–H and O–H groups in total. The summed E-state index contributed by atoms with van der Waals surface area (Å²) in [5, 5.41) is 0.297. The molecule has 0 bridgehead atoms. The van der Waals surface area contributed by atoms with E-state index < -0.39 is 37.4 Å². The van der Waals surface area contributed by atoms with E-state index in [1.54, 1.807) is 45.0 Å². The van der Waals surface area contributed by atoms with Crippen LogP contribution in [0, 0.1) is 20.8 Å². The molecule has 3 aromatic rings. The average Bonchev–Trinajstić information content (AvgIpc) is 2.68. The van der Waals surface area contributed by atoms with Crippen LogP contribution in [0.3, 0.4) is 0 Å². The predicted octanol–water partition coefficient (Wildman–Crippen LogP) is 3.41. The van der Waals surface area contributed by atoms with Crippen LogP contribution in [0.15, 0.2) is 70.5 Å². The van der Waals surface area contributed by atoms with Gasteiger partial charge in [-0.25, -0.2) is 0 Å². The highest BCUT2D eigenvalue weighted by Gasteiger charge is 2.35. The van der Waals surface area contributed by atoms with E-state index in [2.05, 4.69) is 0 Å². The molecule has 8 nitrogen and oxygen atoms in total. The highest BCUT2D eigenvalue weighted by Crippen LogP contribution is 2.48. The van der Waals surface area contributed by atoms with E-state index in [4.69, 9.17) is 4.52 Å². The Kier molecular flexibility index (Phi) is 6.38. The van der Waals surface area contributed by atoms with Crippen LogP contribution >= 0.6 is 7.37 Å². The Morgan fingerprint density at radius 1 is 0.688 bits per heavy atom. The second kappa shape index (κ2) is 8.46. The van der Waals surface area contributed by atoms with Crippen LogP contribution in [0.5, 0.6) is 5.75 Å². The third kappa shape index (κ3) is 4.79. The lowest BCUT2D eigenvalue weighted by atomic mass is 10.2. The van der Waals surface area contributed by atoms with Crippen molar-refractivity contribution < 1.29 is 35.0 Å². The van der Waals surface area contributed by atoms with Crippen molar-refractivity contribution in [2.24, 2.45) is 0 Å². The second-order valence-electron chi connectivity index (χ2n) is 7.25. The van der Waals surface area contributed by atoms with Gasteiger partial charge in [-0.15, -0.1) is 0 Å². The van der Waals surface area contributed by atoms with E-state index in [-0.39, 0.29) is 16.4 Å². The summed E-state index contributed by atoms with van der Waals surface area (Å²) >= 11 is 0. The van der Waals surface area contributed by atoms with Crippen LogP contribution in [0.4, 0.5) is 0 Å². The molecule has 0 spiro atoms. The van der Waals surface area contributed by atoms with Gasteiger partial charge in [-0.05, 0) is 61.7 Å². The summed E-state index contributed by atoms with van der Waals surface area (Å²) in [7, 11) is -13.2.